The first kappa shape index (κ1) is 9.07. The minimum Gasteiger partial charge on any atom is -0.479 e. The monoisotopic (exact) mass is 176 g/mol. The van der Waals surface area contributed by atoms with Crippen molar-refractivity contribution in [2.45, 2.75) is 0 Å². The summed E-state index contributed by atoms with van der Waals surface area (Å²) in [5.74, 6) is 5.09. The Morgan fingerprint density at radius 2 is 2.38 bits per heavy atom. The van der Waals surface area contributed by atoms with Crippen LogP contribution < -0.4 is 10.5 Å². The Hall–Kier alpha value is -2.02. The highest BCUT2D eigenvalue weighted by Gasteiger charge is 1.99. The zero-order valence-electron chi connectivity index (χ0n) is 7.07. The van der Waals surface area contributed by atoms with Gasteiger partial charge in [-0.25, -0.2) is 4.98 Å². The van der Waals surface area contributed by atoms with E-state index in [9.17, 15) is 4.79 Å². The molecule has 0 aliphatic rings. The van der Waals surface area contributed by atoms with E-state index in [1.54, 1.807) is 12.1 Å². The van der Waals surface area contributed by atoms with Gasteiger partial charge in [0.15, 0.2) is 6.29 Å². The Kier molecular flexibility index (Phi) is 2.87. The summed E-state index contributed by atoms with van der Waals surface area (Å²) >= 11 is 0. The first-order valence-electron chi connectivity index (χ1n) is 3.53. The molecule has 0 saturated heterocycles. The summed E-state index contributed by atoms with van der Waals surface area (Å²) < 4.78 is 4.87. The fourth-order valence-electron chi connectivity index (χ4n) is 0.788. The molecular weight excluding hydrogens is 168 g/mol. The van der Waals surface area contributed by atoms with Crippen molar-refractivity contribution >= 4 is 12.0 Å². The minimum atomic E-state index is 0.317. The van der Waals surface area contributed by atoms with Gasteiger partial charge in [-0.05, 0) is 24.0 Å². The molecule has 1 aromatic rings. The molecule has 1 rings (SSSR count). The smallest absolute Gasteiger partial charge is 0.238 e. The maximum Gasteiger partial charge on any atom is 0.238 e. The summed E-state index contributed by atoms with van der Waals surface area (Å²) in [4.78, 5) is 13.9. The van der Waals surface area contributed by atoms with Crippen LogP contribution in [0.4, 0.5) is 5.69 Å². The highest BCUT2D eigenvalue weighted by atomic mass is 16.5. The van der Waals surface area contributed by atoms with Crippen molar-refractivity contribution < 1.29 is 9.53 Å². The van der Waals surface area contributed by atoms with Crippen molar-refractivity contribution in [3.63, 3.8) is 0 Å². The first-order chi connectivity index (χ1) is 6.27. The van der Waals surface area contributed by atoms with E-state index in [-0.39, 0.29) is 0 Å². The quantitative estimate of drug-likeness (QED) is 0.491. The SMILES string of the molecule is COc1nc(C#CC=O)ccc1N. The van der Waals surface area contributed by atoms with Gasteiger partial charge in [0.1, 0.15) is 5.69 Å². The molecule has 0 bridgehead atoms. The van der Waals surface area contributed by atoms with Crippen molar-refractivity contribution in [3.05, 3.63) is 17.8 Å². The fourth-order valence-corrected chi connectivity index (χ4v) is 0.788. The number of hydrogen-bond acceptors (Lipinski definition) is 4. The number of rotatable bonds is 1. The highest BCUT2D eigenvalue weighted by molar-refractivity contribution is 5.73. The topological polar surface area (TPSA) is 65.2 Å². The predicted molar refractivity (Wildman–Crippen MR) is 48.1 cm³/mol. The summed E-state index contributed by atoms with van der Waals surface area (Å²) in [7, 11) is 1.47. The number of nitrogens with two attached hydrogens (primary N) is 1. The summed E-state index contributed by atoms with van der Waals surface area (Å²) in [5.41, 5.74) is 6.42. The van der Waals surface area contributed by atoms with Gasteiger partial charge in [-0.3, -0.25) is 4.79 Å². The normalized spacial score (nSPS) is 8.38. The van der Waals surface area contributed by atoms with Crippen LogP contribution in [0.5, 0.6) is 5.88 Å². The van der Waals surface area contributed by atoms with Crippen LogP contribution in [0.3, 0.4) is 0 Å². The number of carbonyl (C=O) groups excluding carboxylic acids is 1. The average molecular weight is 176 g/mol. The summed E-state index contributed by atoms with van der Waals surface area (Å²) in [6.07, 6.45) is 0.504. The van der Waals surface area contributed by atoms with Crippen LogP contribution >= 0.6 is 0 Å². The summed E-state index contributed by atoms with van der Waals surface area (Å²) in [6.45, 7) is 0. The van der Waals surface area contributed by atoms with E-state index in [0.29, 0.717) is 23.5 Å². The molecule has 2 N–H and O–H groups in total. The molecule has 66 valence electrons. The molecule has 0 radical (unpaired) electrons. The van der Waals surface area contributed by atoms with E-state index < -0.39 is 0 Å². The van der Waals surface area contributed by atoms with Gasteiger partial charge in [0.05, 0.1) is 12.8 Å². The molecule has 4 nitrogen and oxygen atoms in total. The molecule has 0 saturated carbocycles. The lowest BCUT2D eigenvalue weighted by Crippen LogP contribution is -1.96. The van der Waals surface area contributed by atoms with Crippen LogP contribution in [0, 0.1) is 11.8 Å². The van der Waals surface area contributed by atoms with E-state index in [1.165, 1.54) is 7.11 Å². The minimum absolute atomic E-state index is 0.317. The number of ether oxygens (including phenoxy) is 1. The number of pyridine rings is 1. The largest absolute Gasteiger partial charge is 0.479 e. The Morgan fingerprint density at radius 1 is 1.62 bits per heavy atom. The third-order valence-electron chi connectivity index (χ3n) is 1.34. The highest BCUT2D eigenvalue weighted by Crippen LogP contribution is 2.16. The summed E-state index contributed by atoms with van der Waals surface area (Å²) in [6, 6.07) is 3.25. The zero-order valence-corrected chi connectivity index (χ0v) is 7.07. The Morgan fingerprint density at radius 3 is 3.00 bits per heavy atom. The molecule has 0 amide bonds. The number of hydrogen-bond donors (Lipinski definition) is 1. The third-order valence-corrected chi connectivity index (χ3v) is 1.34. The number of aromatic nitrogens is 1. The van der Waals surface area contributed by atoms with E-state index in [2.05, 4.69) is 16.8 Å². The van der Waals surface area contributed by atoms with Gasteiger partial charge in [0.2, 0.25) is 5.88 Å². The van der Waals surface area contributed by atoms with E-state index in [0.717, 1.165) is 0 Å². The molecule has 4 heteroatoms. The lowest BCUT2D eigenvalue weighted by Gasteiger charge is -2.01. The van der Waals surface area contributed by atoms with E-state index in [4.69, 9.17) is 10.5 Å². The molecule has 0 atom stereocenters. The zero-order chi connectivity index (χ0) is 9.68. The van der Waals surface area contributed by atoms with Crippen molar-refractivity contribution in [2.75, 3.05) is 12.8 Å². The van der Waals surface area contributed by atoms with Crippen molar-refractivity contribution in [3.8, 4) is 17.7 Å². The number of nitrogens with zero attached hydrogens (tertiary/aromatic N) is 1. The van der Waals surface area contributed by atoms with Crippen LogP contribution in [-0.4, -0.2) is 18.4 Å². The molecule has 13 heavy (non-hydrogen) atoms. The Labute approximate surface area is 75.7 Å². The third kappa shape index (κ3) is 2.20. The van der Waals surface area contributed by atoms with Gasteiger partial charge in [-0.1, -0.05) is 0 Å². The predicted octanol–water partition coefficient (Wildman–Crippen LogP) is 0.223. The molecule has 0 aliphatic heterocycles. The van der Waals surface area contributed by atoms with Gasteiger partial charge in [0.25, 0.3) is 0 Å². The molecule has 0 unspecified atom stereocenters. The van der Waals surface area contributed by atoms with Gasteiger partial charge < -0.3 is 10.5 Å². The molecule has 0 aromatic carbocycles. The van der Waals surface area contributed by atoms with Gasteiger partial charge >= 0.3 is 0 Å². The Bertz CT molecular complexity index is 377. The van der Waals surface area contributed by atoms with Gasteiger partial charge in [-0.15, -0.1) is 0 Å². The molecule has 0 spiro atoms. The van der Waals surface area contributed by atoms with Crippen molar-refractivity contribution in [2.24, 2.45) is 0 Å². The maximum absolute atomic E-state index is 9.94. The number of aldehydes is 1. The molecule has 0 fully saturated rings. The van der Waals surface area contributed by atoms with Gasteiger partial charge in [-0.2, -0.15) is 0 Å². The number of nitrogen functional groups attached to an aromatic ring is 1. The van der Waals surface area contributed by atoms with Crippen LogP contribution in [0.25, 0.3) is 0 Å². The van der Waals surface area contributed by atoms with Crippen LogP contribution in [-0.2, 0) is 4.79 Å². The van der Waals surface area contributed by atoms with Crippen LogP contribution in [0.1, 0.15) is 5.69 Å². The van der Waals surface area contributed by atoms with Crippen molar-refractivity contribution in [1.82, 2.24) is 4.98 Å². The number of carbonyl (C=O) groups is 1. The second-order valence-electron chi connectivity index (χ2n) is 2.18. The van der Waals surface area contributed by atoms with Crippen molar-refractivity contribution in [1.29, 1.82) is 0 Å². The Balaban J connectivity index is 3.06. The second-order valence-corrected chi connectivity index (χ2v) is 2.18. The van der Waals surface area contributed by atoms with E-state index >= 15 is 0 Å². The van der Waals surface area contributed by atoms with Crippen LogP contribution in [0.2, 0.25) is 0 Å². The molecule has 1 aromatic heterocycles. The molecular formula is C9H8N2O2. The molecule has 1 heterocycles. The van der Waals surface area contributed by atoms with Crippen LogP contribution in [0.15, 0.2) is 12.1 Å². The second kappa shape index (κ2) is 4.12. The summed E-state index contributed by atoms with van der Waals surface area (Å²) in [5, 5.41) is 0. The lowest BCUT2D eigenvalue weighted by molar-refractivity contribution is -0.103. The standard InChI is InChI=1S/C9H8N2O2/c1-13-9-8(10)5-4-7(11-9)3-2-6-12/h4-6H,10H2,1H3. The number of anilines is 1. The number of methoxy groups -OCH3 is 1. The van der Waals surface area contributed by atoms with E-state index in [1.807, 2.05) is 0 Å². The average Bonchev–Trinajstić information content (AvgIpc) is 2.16. The molecule has 0 aliphatic carbocycles. The van der Waals surface area contributed by atoms with Gasteiger partial charge in [0, 0.05) is 0 Å². The fraction of sp³-hybridized carbons (Fsp3) is 0.111. The lowest BCUT2D eigenvalue weighted by atomic mass is 10.3. The first-order valence-corrected chi connectivity index (χ1v) is 3.53. The maximum atomic E-state index is 9.94.